The Kier molecular flexibility index (Phi) is 6.63. The Labute approximate surface area is 190 Å². The number of sulfone groups is 2. The highest BCUT2D eigenvalue weighted by Gasteiger charge is 2.48. The lowest BCUT2D eigenvalue weighted by Gasteiger charge is -2.39. The van der Waals surface area contributed by atoms with Gasteiger partial charge in [0.2, 0.25) is 0 Å². The zero-order valence-electron chi connectivity index (χ0n) is 18.5. The monoisotopic (exact) mass is 478 g/mol. The second-order valence-electron chi connectivity index (χ2n) is 8.66. The van der Waals surface area contributed by atoms with Crippen molar-refractivity contribution in [2.24, 2.45) is 0 Å². The summed E-state index contributed by atoms with van der Waals surface area (Å²) in [5, 5.41) is -0.957. The Bertz CT molecular complexity index is 1160. The number of rotatable bonds is 6. The Morgan fingerprint density at radius 1 is 1.00 bits per heavy atom. The highest BCUT2D eigenvalue weighted by Crippen LogP contribution is 2.31. The molecule has 7 nitrogen and oxygen atoms in total. The minimum atomic E-state index is -3.81. The molecule has 32 heavy (non-hydrogen) atoms. The van der Waals surface area contributed by atoms with Crippen LogP contribution >= 0.6 is 0 Å². The highest BCUT2D eigenvalue weighted by molar-refractivity contribution is 7.96. The molecule has 0 N–H and O–H groups in total. The maximum atomic E-state index is 13.5. The molecule has 2 fully saturated rings. The van der Waals surface area contributed by atoms with Gasteiger partial charge in [-0.3, -0.25) is 9.80 Å². The number of ether oxygens (including phenoxy) is 1. The fourth-order valence-electron chi connectivity index (χ4n) is 4.73. The molecular weight excluding hydrogens is 448 g/mol. The smallest absolute Gasteiger partial charge is 0.183 e. The molecule has 2 atom stereocenters. The third-order valence-electron chi connectivity index (χ3n) is 6.49. The van der Waals surface area contributed by atoms with E-state index >= 15 is 0 Å². The summed E-state index contributed by atoms with van der Waals surface area (Å²) in [7, 11) is -5.70. The van der Waals surface area contributed by atoms with Crippen LogP contribution in [0.25, 0.3) is 0 Å². The number of benzene rings is 2. The van der Waals surface area contributed by atoms with Gasteiger partial charge < -0.3 is 4.74 Å². The first-order valence-electron chi connectivity index (χ1n) is 10.8. The highest BCUT2D eigenvalue weighted by atomic mass is 32.2. The van der Waals surface area contributed by atoms with E-state index < -0.39 is 31.0 Å². The standard InChI is InChI=1S/C23H30N2O5S2/c1-18-14-20(8-9-22(18)30-2)32(28,29)23-17-31(26,27)16-21(23)25-12-10-24(11-13-25)15-19-6-4-3-5-7-19/h3-9,14,21,23H,10-13,15-17H2,1-2H3/t21-,23+/m0/s1. The zero-order valence-corrected chi connectivity index (χ0v) is 20.1. The average Bonchev–Trinajstić information content (AvgIpc) is 3.11. The van der Waals surface area contributed by atoms with Gasteiger partial charge in [-0.05, 0) is 36.2 Å². The van der Waals surface area contributed by atoms with Crippen molar-refractivity contribution < 1.29 is 21.6 Å². The Morgan fingerprint density at radius 2 is 1.69 bits per heavy atom. The van der Waals surface area contributed by atoms with Gasteiger partial charge in [0.1, 0.15) is 5.75 Å². The molecule has 0 unspecified atom stereocenters. The van der Waals surface area contributed by atoms with E-state index in [0.717, 1.165) is 19.6 Å². The van der Waals surface area contributed by atoms with Crippen molar-refractivity contribution in [2.45, 2.75) is 29.7 Å². The largest absolute Gasteiger partial charge is 0.496 e. The summed E-state index contributed by atoms with van der Waals surface area (Å²) in [5.74, 6) is 0.175. The summed E-state index contributed by atoms with van der Waals surface area (Å²) in [6.07, 6.45) is 0. The Morgan fingerprint density at radius 3 is 2.31 bits per heavy atom. The third-order valence-corrected chi connectivity index (χ3v) is 10.6. The van der Waals surface area contributed by atoms with Crippen molar-refractivity contribution in [1.29, 1.82) is 0 Å². The van der Waals surface area contributed by atoms with Crippen LogP contribution in [0.1, 0.15) is 11.1 Å². The van der Waals surface area contributed by atoms with Crippen LogP contribution in [0.15, 0.2) is 53.4 Å². The lowest BCUT2D eigenvalue weighted by atomic mass is 10.1. The van der Waals surface area contributed by atoms with Gasteiger partial charge in [-0.25, -0.2) is 16.8 Å². The van der Waals surface area contributed by atoms with Crippen molar-refractivity contribution >= 4 is 19.7 Å². The number of hydrogen-bond donors (Lipinski definition) is 0. The van der Waals surface area contributed by atoms with E-state index in [4.69, 9.17) is 4.74 Å². The normalized spacial score (nSPS) is 24.4. The summed E-state index contributed by atoms with van der Waals surface area (Å²) in [6, 6.07) is 14.4. The maximum Gasteiger partial charge on any atom is 0.183 e. The number of nitrogens with zero attached hydrogens (tertiary/aromatic N) is 2. The van der Waals surface area contributed by atoms with Gasteiger partial charge in [0, 0.05) is 38.8 Å². The predicted molar refractivity (Wildman–Crippen MR) is 124 cm³/mol. The van der Waals surface area contributed by atoms with Crippen molar-refractivity contribution in [3.63, 3.8) is 0 Å². The average molecular weight is 479 g/mol. The van der Waals surface area contributed by atoms with Crippen LogP contribution < -0.4 is 4.74 Å². The van der Waals surface area contributed by atoms with Crippen LogP contribution in [0.3, 0.4) is 0 Å². The Balaban J connectivity index is 1.51. The summed E-state index contributed by atoms with van der Waals surface area (Å²) in [4.78, 5) is 4.54. The van der Waals surface area contributed by atoms with Crippen LogP contribution in [0.5, 0.6) is 5.75 Å². The lowest BCUT2D eigenvalue weighted by molar-refractivity contribution is 0.101. The van der Waals surface area contributed by atoms with Crippen molar-refractivity contribution in [1.82, 2.24) is 9.80 Å². The number of aryl methyl sites for hydroxylation is 1. The molecule has 174 valence electrons. The van der Waals surface area contributed by atoms with Crippen molar-refractivity contribution in [2.75, 3.05) is 44.8 Å². The molecule has 2 saturated heterocycles. The minimum Gasteiger partial charge on any atom is -0.496 e. The number of piperazine rings is 1. The minimum absolute atomic E-state index is 0.106. The number of hydrogen-bond acceptors (Lipinski definition) is 7. The molecule has 2 aliphatic heterocycles. The van der Waals surface area contributed by atoms with Crippen LogP contribution in [0.2, 0.25) is 0 Å². The van der Waals surface area contributed by atoms with E-state index in [-0.39, 0.29) is 16.4 Å². The molecule has 9 heteroatoms. The molecule has 0 spiro atoms. The van der Waals surface area contributed by atoms with Gasteiger partial charge in [-0.1, -0.05) is 30.3 Å². The first kappa shape index (κ1) is 23.2. The number of methoxy groups -OCH3 is 1. The molecule has 0 aromatic heterocycles. The van der Waals surface area contributed by atoms with Crippen LogP contribution in [-0.4, -0.2) is 82.7 Å². The molecule has 0 saturated carbocycles. The van der Waals surface area contributed by atoms with Gasteiger partial charge in [-0.2, -0.15) is 0 Å². The van der Waals surface area contributed by atoms with E-state index in [1.165, 1.54) is 18.7 Å². The van der Waals surface area contributed by atoms with E-state index in [0.29, 0.717) is 24.4 Å². The second-order valence-corrected chi connectivity index (χ2v) is 13.0. The molecule has 2 aromatic rings. The van der Waals surface area contributed by atoms with E-state index in [1.807, 2.05) is 18.2 Å². The molecule has 2 aliphatic rings. The molecular formula is C23H30N2O5S2. The SMILES string of the molecule is COc1ccc(S(=O)(=O)[C@@H]2CS(=O)(=O)C[C@@H]2N2CCN(Cc3ccccc3)CC2)cc1C. The Hall–Kier alpha value is -1.94. The van der Waals surface area contributed by atoms with E-state index in [2.05, 4.69) is 21.9 Å². The molecule has 0 radical (unpaired) electrons. The summed E-state index contributed by atoms with van der Waals surface area (Å²) in [6.45, 7) is 5.48. The van der Waals surface area contributed by atoms with E-state index in [1.54, 1.807) is 19.1 Å². The summed E-state index contributed by atoms with van der Waals surface area (Å²) < 4.78 is 57.3. The van der Waals surface area contributed by atoms with Crippen molar-refractivity contribution in [3.8, 4) is 5.75 Å². The van der Waals surface area contributed by atoms with Crippen LogP contribution in [-0.2, 0) is 26.2 Å². The van der Waals surface area contributed by atoms with Gasteiger partial charge in [-0.15, -0.1) is 0 Å². The summed E-state index contributed by atoms with van der Waals surface area (Å²) >= 11 is 0. The topological polar surface area (TPSA) is 84.0 Å². The molecule has 4 rings (SSSR count). The molecule has 2 aromatic carbocycles. The first-order valence-corrected chi connectivity index (χ1v) is 14.2. The van der Waals surface area contributed by atoms with E-state index in [9.17, 15) is 16.8 Å². The maximum absolute atomic E-state index is 13.5. The van der Waals surface area contributed by atoms with Gasteiger partial charge in [0.05, 0.1) is 28.8 Å². The third kappa shape index (κ3) is 4.85. The predicted octanol–water partition coefficient (Wildman–Crippen LogP) is 1.76. The zero-order chi connectivity index (χ0) is 22.9. The van der Waals surface area contributed by atoms with Gasteiger partial charge in [0.25, 0.3) is 0 Å². The fraction of sp³-hybridized carbons (Fsp3) is 0.478. The van der Waals surface area contributed by atoms with Crippen LogP contribution in [0.4, 0.5) is 0 Å². The van der Waals surface area contributed by atoms with Gasteiger partial charge in [0.15, 0.2) is 19.7 Å². The van der Waals surface area contributed by atoms with Crippen LogP contribution in [0, 0.1) is 6.92 Å². The fourth-order valence-corrected chi connectivity index (χ4v) is 9.64. The quantitative estimate of drug-likeness (QED) is 0.626. The van der Waals surface area contributed by atoms with Gasteiger partial charge >= 0.3 is 0 Å². The summed E-state index contributed by atoms with van der Waals surface area (Å²) in [5.41, 5.74) is 1.94. The second kappa shape index (κ2) is 9.13. The molecule has 0 amide bonds. The molecule has 0 aliphatic carbocycles. The first-order chi connectivity index (χ1) is 15.2. The lowest BCUT2D eigenvalue weighted by Crippen LogP contribution is -2.54. The van der Waals surface area contributed by atoms with Crippen molar-refractivity contribution in [3.05, 3.63) is 59.7 Å². The molecule has 0 bridgehead atoms. The molecule has 2 heterocycles.